The summed E-state index contributed by atoms with van der Waals surface area (Å²) in [5.41, 5.74) is 1.35. The zero-order chi connectivity index (χ0) is 15.6. The van der Waals surface area contributed by atoms with Gasteiger partial charge in [-0.2, -0.15) is 13.2 Å². The third-order valence-electron chi connectivity index (χ3n) is 3.42. The number of nitrogens with zero attached hydrogens (tertiary/aromatic N) is 2. The molecule has 0 radical (unpaired) electrons. The highest BCUT2D eigenvalue weighted by Gasteiger charge is 2.36. The largest absolute Gasteiger partial charge is 0.401 e. The first-order chi connectivity index (χ1) is 9.74. The fourth-order valence-corrected chi connectivity index (χ4v) is 2.42. The number of hydrogen-bond acceptors (Lipinski definition) is 4. The van der Waals surface area contributed by atoms with Crippen molar-refractivity contribution in [2.45, 2.75) is 13.1 Å². The summed E-state index contributed by atoms with van der Waals surface area (Å²) in [5, 5.41) is 13.8. The van der Waals surface area contributed by atoms with Crippen LogP contribution < -0.4 is 5.32 Å². The molecule has 1 fully saturated rings. The van der Waals surface area contributed by atoms with Crippen molar-refractivity contribution in [3.63, 3.8) is 0 Å². The second-order valence-corrected chi connectivity index (χ2v) is 5.31. The molecule has 1 heterocycles. The molecule has 5 nitrogen and oxygen atoms in total. The molecule has 1 aromatic rings. The molecule has 8 heteroatoms. The summed E-state index contributed by atoms with van der Waals surface area (Å²) >= 11 is 0. The van der Waals surface area contributed by atoms with Crippen LogP contribution in [-0.4, -0.2) is 42.2 Å². The van der Waals surface area contributed by atoms with Crippen LogP contribution in [0.25, 0.3) is 0 Å². The lowest BCUT2D eigenvalue weighted by Crippen LogP contribution is -2.52. The number of benzene rings is 1. The number of nitrogens with one attached hydrogen (secondary N) is 1. The minimum Gasteiger partial charge on any atom is -0.385 e. The van der Waals surface area contributed by atoms with Crippen LogP contribution in [0.4, 0.5) is 24.5 Å². The highest BCUT2D eigenvalue weighted by atomic mass is 19.4. The van der Waals surface area contributed by atoms with Crippen LogP contribution >= 0.6 is 0 Å². The maximum absolute atomic E-state index is 12.1. The summed E-state index contributed by atoms with van der Waals surface area (Å²) in [6.45, 7) is 2.18. The zero-order valence-corrected chi connectivity index (χ0v) is 11.5. The van der Waals surface area contributed by atoms with Gasteiger partial charge < -0.3 is 5.32 Å². The Morgan fingerprint density at radius 3 is 2.62 bits per heavy atom. The Morgan fingerprint density at radius 2 is 2.10 bits per heavy atom. The normalized spacial score (nSPS) is 16.6. The van der Waals surface area contributed by atoms with Gasteiger partial charge >= 0.3 is 6.18 Å². The van der Waals surface area contributed by atoms with Crippen LogP contribution in [0.5, 0.6) is 0 Å². The Morgan fingerprint density at radius 1 is 1.43 bits per heavy atom. The molecular weight excluding hydrogens is 287 g/mol. The quantitative estimate of drug-likeness (QED) is 0.671. The average Bonchev–Trinajstić information content (AvgIpc) is 2.30. The van der Waals surface area contributed by atoms with Gasteiger partial charge in [0.1, 0.15) is 0 Å². The maximum atomic E-state index is 12.1. The second-order valence-electron chi connectivity index (χ2n) is 5.31. The lowest BCUT2D eigenvalue weighted by atomic mass is 10.00. The molecule has 1 N–H and O–H groups in total. The van der Waals surface area contributed by atoms with Gasteiger partial charge in [0, 0.05) is 42.9 Å². The standard InChI is InChI=1S/C13H16F3N3O2/c1-9-4-11(2-3-12(9)19(20)21)17-5-10-6-18(7-10)8-13(14,15)16/h2-4,10,17H,5-8H2,1H3. The fourth-order valence-electron chi connectivity index (χ4n) is 2.42. The Hall–Kier alpha value is -1.83. The van der Waals surface area contributed by atoms with E-state index in [2.05, 4.69) is 5.32 Å². The fraction of sp³-hybridized carbons (Fsp3) is 0.538. The predicted molar refractivity (Wildman–Crippen MR) is 72.3 cm³/mol. The summed E-state index contributed by atoms with van der Waals surface area (Å²) in [4.78, 5) is 11.6. The van der Waals surface area contributed by atoms with E-state index in [1.807, 2.05) is 0 Å². The van der Waals surface area contributed by atoms with Crippen molar-refractivity contribution in [2.75, 3.05) is 31.5 Å². The van der Waals surface area contributed by atoms with E-state index in [0.29, 0.717) is 25.2 Å². The maximum Gasteiger partial charge on any atom is 0.401 e. The molecule has 116 valence electrons. The van der Waals surface area contributed by atoms with E-state index in [1.54, 1.807) is 19.1 Å². The lowest BCUT2D eigenvalue weighted by molar-refractivity contribution is -0.385. The number of anilines is 1. The summed E-state index contributed by atoms with van der Waals surface area (Å²) in [6, 6.07) is 4.70. The van der Waals surface area contributed by atoms with E-state index in [-0.39, 0.29) is 11.6 Å². The van der Waals surface area contributed by atoms with Gasteiger partial charge in [0.15, 0.2) is 0 Å². The predicted octanol–water partition coefficient (Wildman–Crippen LogP) is 2.81. The van der Waals surface area contributed by atoms with Gasteiger partial charge in [-0.25, -0.2) is 0 Å². The molecule has 0 aromatic heterocycles. The molecule has 0 bridgehead atoms. The number of likely N-dealkylation sites (tertiary alicyclic amines) is 1. The van der Waals surface area contributed by atoms with E-state index in [4.69, 9.17) is 0 Å². The van der Waals surface area contributed by atoms with E-state index >= 15 is 0 Å². The first-order valence-electron chi connectivity index (χ1n) is 6.52. The number of halogens is 3. The topological polar surface area (TPSA) is 58.4 Å². The summed E-state index contributed by atoms with van der Waals surface area (Å²) < 4.78 is 36.4. The van der Waals surface area contributed by atoms with Crippen molar-refractivity contribution in [1.29, 1.82) is 0 Å². The average molecular weight is 303 g/mol. The molecule has 0 unspecified atom stereocenters. The van der Waals surface area contributed by atoms with Crippen LogP contribution in [0, 0.1) is 23.0 Å². The molecule has 1 saturated heterocycles. The van der Waals surface area contributed by atoms with Crippen LogP contribution in [0.1, 0.15) is 5.56 Å². The van der Waals surface area contributed by atoms with Crippen LogP contribution in [-0.2, 0) is 0 Å². The van der Waals surface area contributed by atoms with Crippen molar-refractivity contribution in [3.05, 3.63) is 33.9 Å². The third-order valence-corrected chi connectivity index (χ3v) is 3.42. The Balaban J connectivity index is 1.78. The number of rotatable bonds is 5. The molecular formula is C13H16F3N3O2. The number of hydrogen-bond donors (Lipinski definition) is 1. The van der Waals surface area contributed by atoms with Gasteiger partial charge in [0.05, 0.1) is 11.5 Å². The second kappa shape index (κ2) is 5.88. The van der Waals surface area contributed by atoms with Crippen molar-refractivity contribution in [1.82, 2.24) is 4.90 Å². The van der Waals surface area contributed by atoms with Gasteiger partial charge in [-0.05, 0) is 19.1 Å². The number of nitro benzene ring substituents is 1. The van der Waals surface area contributed by atoms with Crippen LogP contribution in [0.2, 0.25) is 0 Å². The molecule has 0 atom stereocenters. The van der Waals surface area contributed by atoms with E-state index in [1.165, 1.54) is 11.0 Å². The Bertz CT molecular complexity index is 528. The number of aryl methyl sites for hydroxylation is 1. The summed E-state index contributed by atoms with van der Waals surface area (Å²) in [7, 11) is 0. The molecule has 1 aliphatic rings. The van der Waals surface area contributed by atoms with Crippen LogP contribution in [0.15, 0.2) is 18.2 Å². The smallest absolute Gasteiger partial charge is 0.385 e. The molecule has 0 saturated carbocycles. The highest BCUT2D eigenvalue weighted by molar-refractivity contribution is 5.53. The molecule has 1 aliphatic heterocycles. The lowest BCUT2D eigenvalue weighted by Gasteiger charge is -2.39. The molecule has 0 aliphatic carbocycles. The summed E-state index contributed by atoms with van der Waals surface area (Å²) in [5.74, 6) is 0.169. The van der Waals surface area contributed by atoms with E-state index in [0.717, 1.165) is 5.69 Å². The van der Waals surface area contributed by atoms with Crippen molar-refractivity contribution >= 4 is 11.4 Å². The zero-order valence-electron chi connectivity index (χ0n) is 11.5. The van der Waals surface area contributed by atoms with Gasteiger partial charge in [-0.3, -0.25) is 15.0 Å². The monoisotopic (exact) mass is 303 g/mol. The van der Waals surface area contributed by atoms with Gasteiger partial charge in [-0.1, -0.05) is 0 Å². The molecule has 1 aromatic carbocycles. The first-order valence-corrected chi connectivity index (χ1v) is 6.52. The van der Waals surface area contributed by atoms with Gasteiger partial charge in [-0.15, -0.1) is 0 Å². The molecule has 0 spiro atoms. The first kappa shape index (κ1) is 15.6. The number of alkyl halides is 3. The van der Waals surface area contributed by atoms with E-state index in [9.17, 15) is 23.3 Å². The minimum absolute atomic E-state index is 0.0561. The van der Waals surface area contributed by atoms with Crippen molar-refractivity contribution < 1.29 is 18.1 Å². The summed E-state index contributed by atoms with van der Waals surface area (Å²) in [6.07, 6.45) is -4.14. The molecule has 0 amide bonds. The van der Waals surface area contributed by atoms with Crippen LogP contribution in [0.3, 0.4) is 0 Å². The Kier molecular flexibility index (Phi) is 4.36. The number of nitro groups is 1. The third kappa shape index (κ3) is 4.32. The van der Waals surface area contributed by atoms with Gasteiger partial charge in [0.25, 0.3) is 5.69 Å². The van der Waals surface area contributed by atoms with Crippen molar-refractivity contribution in [3.8, 4) is 0 Å². The highest BCUT2D eigenvalue weighted by Crippen LogP contribution is 2.25. The minimum atomic E-state index is -4.14. The molecule has 21 heavy (non-hydrogen) atoms. The van der Waals surface area contributed by atoms with Crippen molar-refractivity contribution in [2.24, 2.45) is 5.92 Å². The van der Waals surface area contributed by atoms with E-state index < -0.39 is 17.6 Å². The SMILES string of the molecule is Cc1cc(NCC2CN(CC(F)(F)F)C2)ccc1[N+](=O)[O-]. The van der Waals surface area contributed by atoms with Gasteiger partial charge in [0.2, 0.25) is 0 Å². The molecule has 2 rings (SSSR count). The Labute approximate surface area is 119 Å².